The summed E-state index contributed by atoms with van der Waals surface area (Å²) in [5, 5.41) is 8.76. The van der Waals surface area contributed by atoms with E-state index in [1.165, 1.54) is 0 Å². The van der Waals surface area contributed by atoms with Crippen LogP contribution in [0, 0.1) is 17.2 Å². The summed E-state index contributed by atoms with van der Waals surface area (Å²) in [5.74, 6) is 0.428. The molecule has 10 heavy (non-hydrogen) atoms. The van der Waals surface area contributed by atoms with E-state index >= 15 is 0 Å². The Bertz CT molecular complexity index is 161. The number of hydrogen-bond acceptors (Lipinski definition) is 2. The summed E-state index contributed by atoms with van der Waals surface area (Å²) < 4.78 is 5.37. The Morgan fingerprint density at radius 3 is 2.60 bits per heavy atom. The van der Waals surface area contributed by atoms with Crippen molar-refractivity contribution < 1.29 is 4.74 Å². The second kappa shape index (κ2) is 2.59. The van der Waals surface area contributed by atoms with E-state index in [1.54, 1.807) is 0 Å². The predicted molar refractivity (Wildman–Crippen MR) is 38.4 cm³/mol. The first-order chi connectivity index (χ1) is 4.75. The van der Waals surface area contributed by atoms with E-state index in [1.807, 2.05) is 6.92 Å². The van der Waals surface area contributed by atoms with Gasteiger partial charge in [0.1, 0.15) is 0 Å². The van der Waals surface area contributed by atoms with E-state index in [9.17, 15) is 0 Å². The molecule has 0 aromatic heterocycles. The first-order valence-corrected chi connectivity index (χ1v) is 3.80. The molecule has 0 spiro atoms. The van der Waals surface area contributed by atoms with Crippen molar-refractivity contribution in [1.82, 2.24) is 0 Å². The molecule has 0 aliphatic heterocycles. The summed E-state index contributed by atoms with van der Waals surface area (Å²) in [6.07, 6.45) is 2.05. The summed E-state index contributed by atoms with van der Waals surface area (Å²) in [7, 11) is 0. The van der Waals surface area contributed by atoms with Gasteiger partial charge in [-0.1, -0.05) is 6.92 Å². The SMILES string of the molecule is CCOC1(C#N)CCC1C. The molecule has 0 heterocycles. The van der Waals surface area contributed by atoms with Crippen LogP contribution in [0.15, 0.2) is 0 Å². The lowest BCUT2D eigenvalue weighted by atomic mass is 9.71. The molecular formula is C8H13NO. The van der Waals surface area contributed by atoms with E-state index in [-0.39, 0.29) is 0 Å². The first-order valence-electron chi connectivity index (χ1n) is 3.80. The Hall–Kier alpha value is -0.550. The van der Waals surface area contributed by atoms with Crippen LogP contribution in [0.4, 0.5) is 0 Å². The van der Waals surface area contributed by atoms with Crippen molar-refractivity contribution >= 4 is 0 Å². The summed E-state index contributed by atoms with van der Waals surface area (Å²) >= 11 is 0. The molecule has 1 aliphatic carbocycles. The Kier molecular flexibility index (Phi) is 1.96. The van der Waals surface area contributed by atoms with Crippen molar-refractivity contribution in [1.29, 1.82) is 5.26 Å². The minimum Gasteiger partial charge on any atom is -0.360 e. The summed E-state index contributed by atoms with van der Waals surface area (Å²) in [5.41, 5.74) is -0.422. The van der Waals surface area contributed by atoms with Gasteiger partial charge in [0, 0.05) is 6.61 Å². The third kappa shape index (κ3) is 0.911. The Morgan fingerprint density at radius 2 is 2.50 bits per heavy atom. The average Bonchev–Trinajstić information content (AvgIpc) is 1.97. The van der Waals surface area contributed by atoms with Crippen LogP contribution in [0.2, 0.25) is 0 Å². The van der Waals surface area contributed by atoms with Crippen LogP contribution in [0.1, 0.15) is 26.7 Å². The molecule has 0 bridgehead atoms. The number of hydrogen-bond donors (Lipinski definition) is 0. The number of rotatable bonds is 2. The Morgan fingerprint density at radius 1 is 1.80 bits per heavy atom. The van der Waals surface area contributed by atoms with Crippen LogP contribution in [-0.4, -0.2) is 12.2 Å². The van der Waals surface area contributed by atoms with Crippen molar-refractivity contribution in [3.05, 3.63) is 0 Å². The largest absolute Gasteiger partial charge is 0.360 e. The molecule has 0 aromatic rings. The van der Waals surface area contributed by atoms with Crippen LogP contribution in [0.25, 0.3) is 0 Å². The maximum Gasteiger partial charge on any atom is 0.156 e. The molecule has 0 amide bonds. The van der Waals surface area contributed by atoms with Crippen LogP contribution in [0.5, 0.6) is 0 Å². The Balaban J connectivity index is 2.54. The highest BCUT2D eigenvalue weighted by Gasteiger charge is 2.45. The highest BCUT2D eigenvalue weighted by molar-refractivity contribution is 5.11. The molecular weight excluding hydrogens is 126 g/mol. The van der Waals surface area contributed by atoms with Gasteiger partial charge in [-0.3, -0.25) is 0 Å². The third-order valence-corrected chi connectivity index (χ3v) is 2.34. The highest BCUT2D eigenvalue weighted by atomic mass is 16.5. The fourth-order valence-electron chi connectivity index (χ4n) is 1.37. The molecule has 0 radical (unpaired) electrons. The van der Waals surface area contributed by atoms with Gasteiger partial charge in [0.05, 0.1) is 6.07 Å². The van der Waals surface area contributed by atoms with Gasteiger partial charge in [-0.25, -0.2) is 0 Å². The molecule has 0 N–H and O–H groups in total. The number of ether oxygens (including phenoxy) is 1. The second-order valence-electron chi connectivity index (χ2n) is 2.87. The maximum absolute atomic E-state index is 8.76. The second-order valence-corrected chi connectivity index (χ2v) is 2.87. The summed E-state index contributed by atoms with van der Waals surface area (Å²) in [6.45, 7) is 4.66. The lowest BCUT2D eigenvalue weighted by Crippen LogP contribution is -2.46. The lowest BCUT2D eigenvalue weighted by Gasteiger charge is -2.41. The fraction of sp³-hybridized carbons (Fsp3) is 0.875. The third-order valence-electron chi connectivity index (χ3n) is 2.34. The normalized spacial score (nSPS) is 38.3. The van der Waals surface area contributed by atoms with Gasteiger partial charge in [0.25, 0.3) is 0 Å². The molecule has 1 saturated carbocycles. The van der Waals surface area contributed by atoms with Crippen molar-refractivity contribution in [3.63, 3.8) is 0 Å². The van der Waals surface area contributed by atoms with E-state index < -0.39 is 5.60 Å². The highest BCUT2D eigenvalue weighted by Crippen LogP contribution is 2.40. The van der Waals surface area contributed by atoms with Crippen LogP contribution in [-0.2, 0) is 4.74 Å². The van der Waals surface area contributed by atoms with Gasteiger partial charge in [-0.15, -0.1) is 0 Å². The number of nitrogens with zero attached hydrogens (tertiary/aromatic N) is 1. The zero-order valence-electron chi connectivity index (χ0n) is 6.55. The zero-order valence-corrected chi connectivity index (χ0v) is 6.55. The van der Waals surface area contributed by atoms with Crippen LogP contribution >= 0.6 is 0 Å². The molecule has 2 atom stereocenters. The molecule has 1 rings (SSSR count). The number of nitriles is 1. The van der Waals surface area contributed by atoms with Gasteiger partial charge in [-0.2, -0.15) is 5.26 Å². The standard InChI is InChI=1S/C8H13NO/c1-3-10-8(6-9)5-4-7(8)2/h7H,3-5H2,1-2H3. The minimum absolute atomic E-state index is 0.422. The molecule has 2 heteroatoms. The quantitative estimate of drug-likeness (QED) is 0.583. The van der Waals surface area contributed by atoms with Crippen molar-refractivity contribution in [2.75, 3.05) is 6.61 Å². The molecule has 2 unspecified atom stereocenters. The zero-order chi connectivity index (χ0) is 7.61. The van der Waals surface area contributed by atoms with E-state index in [0.29, 0.717) is 12.5 Å². The lowest BCUT2D eigenvalue weighted by molar-refractivity contribution is -0.0928. The van der Waals surface area contributed by atoms with E-state index in [2.05, 4.69) is 13.0 Å². The van der Waals surface area contributed by atoms with E-state index in [0.717, 1.165) is 12.8 Å². The molecule has 2 nitrogen and oxygen atoms in total. The smallest absolute Gasteiger partial charge is 0.156 e. The van der Waals surface area contributed by atoms with Crippen molar-refractivity contribution in [2.45, 2.75) is 32.3 Å². The minimum atomic E-state index is -0.422. The first kappa shape index (κ1) is 7.56. The van der Waals surface area contributed by atoms with Crippen molar-refractivity contribution in [2.24, 2.45) is 5.92 Å². The molecule has 0 aromatic carbocycles. The summed E-state index contributed by atoms with van der Waals surface area (Å²) in [6, 6.07) is 2.24. The van der Waals surface area contributed by atoms with Gasteiger partial charge >= 0.3 is 0 Å². The average molecular weight is 139 g/mol. The predicted octanol–water partition coefficient (Wildman–Crippen LogP) is 1.72. The Labute approximate surface area is 61.8 Å². The van der Waals surface area contributed by atoms with Gasteiger partial charge in [0.15, 0.2) is 5.60 Å². The topological polar surface area (TPSA) is 33.0 Å². The molecule has 1 fully saturated rings. The van der Waals surface area contributed by atoms with Gasteiger partial charge < -0.3 is 4.74 Å². The fourth-order valence-corrected chi connectivity index (χ4v) is 1.37. The van der Waals surface area contributed by atoms with E-state index in [4.69, 9.17) is 10.00 Å². The maximum atomic E-state index is 8.76. The molecule has 0 saturated heterocycles. The molecule has 56 valence electrons. The van der Waals surface area contributed by atoms with Crippen LogP contribution in [0.3, 0.4) is 0 Å². The summed E-state index contributed by atoms with van der Waals surface area (Å²) in [4.78, 5) is 0. The van der Waals surface area contributed by atoms with Gasteiger partial charge in [-0.05, 0) is 25.7 Å². The monoisotopic (exact) mass is 139 g/mol. The molecule has 1 aliphatic rings. The van der Waals surface area contributed by atoms with Crippen molar-refractivity contribution in [3.8, 4) is 6.07 Å². The van der Waals surface area contributed by atoms with Gasteiger partial charge in [0.2, 0.25) is 0 Å². The van der Waals surface area contributed by atoms with Crippen LogP contribution < -0.4 is 0 Å².